The molecule has 0 radical (unpaired) electrons. The van der Waals surface area contributed by atoms with Gasteiger partial charge in [-0.25, -0.2) is 4.98 Å². The Labute approximate surface area is 148 Å². The highest BCUT2D eigenvalue weighted by molar-refractivity contribution is 7.20. The summed E-state index contributed by atoms with van der Waals surface area (Å²) in [4.78, 5) is 15.0. The van der Waals surface area contributed by atoms with Crippen molar-refractivity contribution < 1.29 is 14.6 Å². The lowest BCUT2D eigenvalue weighted by molar-refractivity contribution is -0.137. The summed E-state index contributed by atoms with van der Waals surface area (Å²) >= 11 is 7.94. The molecule has 0 saturated heterocycles. The van der Waals surface area contributed by atoms with Crippen molar-refractivity contribution in [3.63, 3.8) is 0 Å². The first-order valence-corrected chi connectivity index (χ1v) is 8.49. The van der Waals surface area contributed by atoms with E-state index in [2.05, 4.69) is 4.98 Å². The molecule has 0 saturated carbocycles. The lowest BCUT2D eigenvalue weighted by Gasteiger charge is -2.05. The molecule has 0 aliphatic carbocycles. The van der Waals surface area contributed by atoms with E-state index in [0.717, 1.165) is 20.8 Å². The van der Waals surface area contributed by atoms with Crippen molar-refractivity contribution in [3.05, 3.63) is 59.1 Å². The molecule has 0 bridgehead atoms. The third-order valence-electron chi connectivity index (χ3n) is 3.23. The smallest absolute Gasteiger partial charge is 0.306 e. The quantitative estimate of drug-likeness (QED) is 0.681. The summed E-state index contributed by atoms with van der Waals surface area (Å²) in [7, 11) is 0. The highest BCUT2D eigenvalue weighted by atomic mass is 35.5. The number of thiazole rings is 1. The van der Waals surface area contributed by atoms with Crippen molar-refractivity contribution in [3.8, 4) is 5.75 Å². The number of nitrogens with zero attached hydrogens (tertiary/aromatic N) is 1. The molecule has 6 heteroatoms. The van der Waals surface area contributed by atoms with Crippen LogP contribution in [0.4, 0.5) is 0 Å². The number of benzene rings is 2. The summed E-state index contributed by atoms with van der Waals surface area (Å²) < 4.78 is 6.51. The van der Waals surface area contributed by atoms with Crippen LogP contribution >= 0.6 is 22.9 Å². The van der Waals surface area contributed by atoms with Crippen LogP contribution in [0.15, 0.2) is 48.5 Å². The van der Waals surface area contributed by atoms with Crippen LogP contribution in [0.2, 0.25) is 0 Å². The Morgan fingerprint density at radius 2 is 2.08 bits per heavy atom. The van der Waals surface area contributed by atoms with Crippen molar-refractivity contribution in [1.29, 1.82) is 0 Å². The molecule has 1 N–H and O–H groups in total. The van der Waals surface area contributed by atoms with E-state index in [-0.39, 0.29) is 13.0 Å². The zero-order chi connectivity index (χ0) is 16.9. The molecule has 0 aliphatic heterocycles. The van der Waals surface area contributed by atoms with Gasteiger partial charge in [0.05, 0.1) is 28.3 Å². The highest BCUT2D eigenvalue weighted by Gasteiger charge is 2.07. The monoisotopic (exact) mass is 359 g/mol. The fourth-order valence-corrected chi connectivity index (χ4v) is 3.29. The van der Waals surface area contributed by atoms with Crippen LogP contribution in [0, 0.1) is 0 Å². The molecule has 0 unspecified atom stereocenters. The predicted octanol–water partition coefficient (Wildman–Crippen LogP) is 4.89. The minimum absolute atomic E-state index is 0.0352. The standard InChI is InChI=1S/C18H14ClNO3S/c19-14(18-20-15-6-1-2-7-16(15)24-18)11-12-4-3-5-13(10-12)23-9-8-17(21)22/h1-7,10-11H,8-9H2,(H,21,22)/b14-11+. The summed E-state index contributed by atoms with van der Waals surface area (Å²) in [6.07, 6.45) is 1.79. The fourth-order valence-electron chi connectivity index (χ4n) is 2.13. The molecule has 4 nitrogen and oxygen atoms in total. The zero-order valence-electron chi connectivity index (χ0n) is 12.6. The third kappa shape index (κ3) is 4.13. The van der Waals surface area contributed by atoms with Crippen LogP contribution in [0.3, 0.4) is 0 Å². The maximum atomic E-state index is 10.5. The van der Waals surface area contributed by atoms with Crippen LogP contribution in [0.1, 0.15) is 17.0 Å². The summed E-state index contributed by atoms with van der Waals surface area (Å²) in [6, 6.07) is 15.2. The SMILES string of the molecule is O=C(O)CCOc1cccc(/C=C(/Cl)c2nc3ccccc3s2)c1. The van der Waals surface area contributed by atoms with Gasteiger partial charge in [0.15, 0.2) is 0 Å². The number of ether oxygens (including phenoxy) is 1. The maximum Gasteiger partial charge on any atom is 0.306 e. The summed E-state index contributed by atoms with van der Waals surface area (Å²) in [5.74, 6) is -0.274. The van der Waals surface area contributed by atoms with Crippen LogP contribution in [0.25, 0.3) is 21.3 Å². The van der Waals surface area contributed by atoms with Gasteiger partial charge in [0.2, 0.25) is 0 Å². The first-order valence-electron chi connectivity index (χ1n) is 7.29. The number of carbonyl (C=O) groups is 1. The minimum Gasteiger partial charge on any atom is -0.493 e. The number of aromatic nitrogens is 1. The fraction of sp³-hybridized carbons (Fsp3) is 0.111. The van der Waals surface area contributed by atoms with E-state index in [1.165, 1.54) is 11.3 Å². The van der Waals surface area contributed by atoms with Gasteiger partial charge in [-0.1, -0.05) is 35.9 Å². The van der Waals surface area contributed by atoms with Crippen LogP contribution in [0.5, 0.6) is 5.75 Å². The van der Waals surface area contributed by atoms with Crippen LogP contribution < -0.4 is 4.74 Å². The molecule has 0 amide bonds. The second-order valence-electron chi connectivity index (χ2n) is 5.04. The zero-order valence-corrected chi connectivity index (χ0v) is 14.2. The van der Waals surface area contributed by atoms with E-state index in [4.69, 9.17) is 21.4 Å². The second kappa shape index (κ2) is 7.47. The van der Waals surface area contributed by atoms with Crippen molar-refractivity contribution in [2.24, 2.45) is 0 Å². The molecule has 2 aromatic carbocycles. The Morgan fingerprint density at radius 3 is 2.88 bits per heavy atom. The molecule has 122 valence electrons. The number of aliphatic carboxylic acids is 1. The molecule has 3 aromatic rings. The number of carboxylic acid groups (broad SMARTS) is 1. The lowest BCUT2D eigenvalue weighted by atomic mass is 10.2. The number of hydrogen-bond acceptors (Lipinski definition) is 4. The van der Waals surface area contributed by atoms with Gasteiger partial charge in [0, 0.05) is 0 Å². The third-order valence-corrected chi connectivity index (χ3v) is 4.70. The predicted molar refractivity (Wildman–Crippen MR) is 97.5 cm³/mol. The number of halogens is 1. The molecule has 1 heterocycles. The number of para-hydroxylation sites is 1. The first-order chi connectivity index (χ1) is 11.6. The molecule has 3 rings (SSSR count). The maximum absolute atomic E-state index is 10.5. The van der Waals surface area contributed by atoms with Gasteiger partial charge < -0.3 is 9.84 Å². The molecular formula is C18H14ClNO3S. The Morgan fingerprint density at radius 1 is 1.25 bits per heavy atom. The topological polar surface area (TPSA) is 59.4 Å². The first kappa shape index (κ1) is 16.5. The second-order valence-corrected chi connectivity index (χ2v) is 6.48. The number of fused-ring (bicyclic) bond motifs is 1. The Hall–Kier alpha value is -2.37. The molecule has 0 atom stereocenters. The van der Waals surface area contributed by atoms with Gasteiger partial charge >= 0.3 is 5.97 Å². The summed E-state index contributed by atoms with van der Waals surface area (Å²) in [5, 5.41) is 9.95. The van der Waals surface area contributed by atoms with Gasteiger partial charge in [-0.2, -0.15) is 0 Å². The molecule has 24 heavy (non-hydrogen) atoms. The highest BCUT2D eigenvalue weighted by Crippen LogP contribution is 2.30. The average molecular weight is 360 g/mol. The van der Waals surface area contributed by atoms with E-state index >= 15 is 0 Å². The van der Waals surface area contributed by atoms with E-state index in [1.807, 2.05) is 48.5 Å². The number of hydrogen-bond donors (Lipinski definition) is 1. The largest absolute Gasteiger partial charge is 0.493 e. The Bertz CT molecular complexity index is 871. The number of carboxylic acids is 1. The van der Waals surface area contributed by atoms with E-state index in [0.29, 0.717) is 10.8 Å². The molecule has 0 aliphatic rings. The van der Waals surface area contributed by atoms with Gasteiger partial charge in [0.25, 0.3) is 0 Å². The van der Waals surface area contributed by atoms with Crippen molar-refractivity contribution in [2.45, 2.75) is 6.42 Å². The molecule has 0 fully saturated rings. The molecular weight excluding hydrogens is 346 g/mol. The van der Waals surface area contributed by atoms with Gasteiger partial charge in [-0.3, -0.25) is 4.79 Å². The van der Waals surface area contributed by atoms with E-state index < -0.39 is 5.97 Å². The lowest BCUT2D eigenvalue weighted by Crippen LogP contribution is -2.04. The van der Waals surface area contributed by atoms with E-state index in [9.17, 15) is 4.79 Å². The normalized spacial score (nSPS) is 11.6. The van der Waals surface area contributed by atoms with Crippen molar-refractivity contribution >= 4 is 50.2 Å². The molecule has 1 aromatic heterocycles. The van der Waals surface area contributed by atoms with Crippen LogP contribution in [-0.2, 0) is 4.79 Å². The van der Waals surface area contributed by atoms with Crippen molar-refractivity contribution in [1.82, 2.24) is 4.98 Å². The average Bonchev–Trinajstić information content (AvgIpc) is 2.99. The van der Waals surface area contributed by atoms with E-state index in [1.54, 1.807) is 6.07 Å². The van der Waals surface area contributed by atoms with Gasteiger partial charge in [-0.15, -0.1) is 11.3 Å². The summed E-state index contributed by atoms with van der Waals surface area (Å²) in [5.41, 5.74) is 1.79. The Kier molecular flexibility index (Phi) is 5.13. The van der Waals surface area contributed by atoms with Crippen LogP contribution in [-0.4, -0.2) is 22.7 Å². The van der Waals surface area contributed by atoms with Gasteiger partial charge in [0.1, 0.15) is 10.8 Å². The Balaban J connectivity index is 1.78. The number of rotatable bonds is 6. The van der Waals surface area contributed by atoms with Gasteiger partial charge in [-0.05, 0) is 35.9 Å². The minimum atomic E-state index is -0.884. The summed E-state index contributed by atoms with van der Waals surface area (Å²) in [6.45, 7) is 0.133. The molecule has 0 spiro atoms. The van der Waals surface area contributed by atoms with Crippen molar-refractivity contribution in [2.75, 3.05) is 6.61 Å².